The molecule has 0 saturated carbocycles. The minimum atomic E-state index is 0.666. The van der Waals surface area contributed by atoms with E-state index in [9.17, 15) is 0 Å². The molecule has 0 bridgehead atoms. The van der Waals surface area contributed by atoms with Crippen molar-refractivity contribution in [1.82, 2.24) is 9.91 Å². The van der Waals surface area contributed by atoms with E-state index >= 15 is 0 Å². The highest BCUT2D eigenvalue weighted by molar-refractivity contribution is 5.53. The number of nitrogens with zero attached hydrogens (tertiary/aromatic N) is 3. The lowest BCUT2D eigenvalue weighted by Gasteiger charge is -2.15. The molecule has 0 saturated heterocycles. The van der Waals surface area contributed by atoms with E-state index in [1.54, 1.807) is 0 Å². The van der Waals surface area contributed by atoms with Crippen molar-refractivity contribution < 1.29 is 0 Å². The van der Waals surface area contributed by atoms with Crippen LogP contribution in [0.3, 0.4) is 0 Å². The molecule has 66 valence electrons. The van der Waals surface area contributed by atoms with Crippen LogP contribution in [0.4, 0.5) is 0 Å². The third-order valence-corrected chi connectivity index (χ3v) is 1.11. The van der Waals surface area contributed by atoms with Crippen molar-refractivity contribution in [3.8, 4) is 0 Å². The van der Waals surface area contributed by atoms with Crippen LogP contribution in [0.2, 0.25) is 0 Å². The highest BCUT2D eigenvalue weighted by Gasteiger charge is 1.95. The van der Waals surface area contributed by atoms with Crippen LogP contribution in [0, 0.1) is 5.92 Å². The Balaban J connectivity index is 3.59. The summed E-state index contributed by atoms with van der Waals surface area (Å²) in [7, 11) is 5.92. The largest absolute Gasteiger partial charge is 0.367 e. The van der Waals surface area contributed by atoms with Gasteiger partial charge in [0.1, 0.15) is 6.34 Å². The van der Waals surface area contributed by atoms with Crippen LogP contribution in [0.5, 0.6) is 0 Å². The minimum Gasteiger partial charge on any atom is -0.367 e. The molecule has 3 nitrogen and oxygen atoms in total. The molecule has 3 heteroatoms. The number of hydrogen-bond donors (Lipinski definition) is 0. The standard InChI is InChI=1S/C8H19N3/c1-8(2)6-11(5)9-7-10(3)4/h7-8H,6H2,1-5H3/b9-7-. The van der Waals surface area contributed by atoms with E-state index < -0.39 is 0 Å². The fourth-order valence-corrected chi connectivity index (χ4v) is 0.767. The zero-order valence-corrected chi connectivity index (χ0v) is 8.20. The molecule has 0 aliphatic carbocycles. The summed E-state index contributed by atoms with van der Waals surface area (Å²) < 4.78 is 0. The molecule has 11 heavy (non-hydrogen) atoms. The highest BCUT2D eigenvalue weighted by Crippen LogP contribution is 1.94. The second-order valence-electron chi connectivity index (χ2n) is 3.43. The summed E-state index contributed by atoms with van der Waals surface area (Å²) >= 11 is 0. The van der Waals surface area contributed by atoms with E-state index in [0.29, 0.717) is 5.92 Å². The maximum absolute atomic E-state index is 4.20. The van der Waals surface area contributed by atoms with E-state index in [1.807, 2.05) is 37.4 Å². The highest BCUT2D eigenvalue weighted by atomic mass is 15.4. The van der Waals surface area contributed by atoms with Crippen molar-refractivity contribution in [3.05, 3.63) is 0 Å². The quantitative estimate of drug-likeness (QED) is 0.345. The molecule has 0 amide bonds. The van der Waals surface area contributed by atoms with Gasteiger partial charge in [-0.1, -0.05) is 13.8 Å². The monoisotopic (exact) mass is 157 g/mol. The Labute approximate surface area is 69.7 Å². The van der Waals surface area contributed by atoms with Gasteiger partial charge in [0, 0.05) is 27.7 Å². The van der Waals surface area contributed by atoms with E-state index in [4.69, 9.17) is 0 Å². The molecular weight excluding hydrogens is 138 g/mol. The van der Waals surface area contributed by atoms with Crippen LogP contribution in [0.1, 0.15) is 13.8 Å². The molecular formula is C8H19N3. The van der Waals surface area contributed by atoms with E-state index in [-0.39, 0.29) is 0 Å². The topological polar surface area (TPSA) is 18.8 Å². The van der Waals surface area contributed by atoms with Gasteiger partial charge < -0.3 is 4.90 Å². The summed E-state index contributed by atoms with van der Waals surface area (Å²) in [5, 5.41) is 6.15. The fraction of sp³-hybridized carbons (Fsp3) is 0.875. The molecule has 0 N–H and O–H groups in total. The van der Waals surface area contributed by atoms with Crippen molar-refractivity contribution in [1.29, 1.82) is 0 Å². The second-order valence-corrected chi connectivity index (χ2v) is 3.43. The van der Waals surface area contributed by atoms with Gasteiger partial charge in [-0.2, -0.15) is 5.10 Å². The molecule has 0 fully saturated rings. The van der Waals surface area contributed by atoms with Gasteiger partial charge in [-0.15, -0.1) is 0 Å². The average Bonchev–Trinajstić information content (AvgIpc) is 1.82. The van der Waals surface area contributed by atoms with Gasteiger partial charge in [-0.05, 0) is 5.92 Å². The van der Waals surface area contributed by atoms with E-state index in [0.717, 1.165) is 6.54 Å². The molecule has 0 aromatic rings. The van der Waals surface area contributed by atoms with E-state index in [1.165, 1.54) is 0 Å². The normalized spacial score (nSPS) is 11.1. The SMILES string of the molecule is CC(C)CN(C)/N=C\N(C)C. The van der Waals surface area contributed by atoms with Gasteiger partial charge in [0.05, 0.1) is 0 Å². The predicted octanol–water partition coefficient (Wildman–Crippen LogP) is 1.08. The summed E-state index contributed by atoms with van der Waals surface area (Å²) in [5.41, 5.74) is 0. The molecule has 0 heterocycles. The maximum atomic E-state index is 4.20. The van der Waals surface area contributed by atoms with Crippen molar-refractivity contribution in [2.75, 3.05) is 27.7 Å². The summed E-state index contributed by atoms with van der Waals surface area (Å²) in [4.78, 5) is 1.93. The van der Waals surface area contributed by atoms with Crippen LogP contribution in [0.25, 0.3) is 0 Å². The third-order valence-electron chi connectivity index (χ3n) is 1.11. The molecule has 0 unspecified atom stereocenters. The lowest BCUT2D eigenvalue weighted by atomic mass is 10.2. The van der Waals surface area contributed by atoms with Gasteiger partial charge in [-0.25, -0.2) is 0 Å². The summed E-state index contributed by atoms with van der Waals surface area (Å²) in [6.07, 6.45) is 1.81. The predicted molar refractivity (Wildman–Crippen MR) is 49.6 cm³/mol. The Kier molecular flexibility index (Phi) is 4.66. The van der Waals surface area contributed by atoms with Crippen LogP contribution < -0.4 is 0 Å². The first-order chi connectivity index (χ1) is 5.02. The first-order valence-electron chi connectivity index (χ1n) is 3.94. The van der Waals surface area contributed by atoms with Crippen molar-refractivity contribution in [3.63, 3.8) is 0 Å². The lowest BCUT2D eigenvalue weighted by molar-refractivity contribution is 0.308. The molecule has 0 aliphatic rings. The van der Waals surface area contributed by atoms with Gasteiger partial charge in [-0.3, -0.25) is 5.01 Å². The van der Waals surface area contributed by atoms with Gasteiger partial charge >= 0.3 is 0 Å². The number of hydrazone groups is 1. The van der Waals surface area contributed by atoms with Crippen LogP contribution in [-0.4, -0.2) is 43.9 Å². The first-order valence-corrected chi connectivity index (χ1v) is 3.94. The number of hydrogen-bond acceptors (Lipinski definition) is 2. The lowest BCUT2D eigenvalue weighted by Crippen LogP contribution is -2.20. The van der Waals surface area contributed by atoms with Crippen molar-refractivity contribution >= 4 is 6.34 Å². The van der Waals surface area contributed by atoms with Gasteiger partial charge in [0.15, 0.2) is 0 Å². The van der Waals surface area contributed by atoms with Crippen LogP contribution >= 0.6 is 0 Å². The first kappa shape index (κ1) is 10.3. The maximum Gasteiger partial charge on any atom is 0.110 e. The fourth-order valence-electron chi connectivity index (χ4n) is 0.767. The molecule has 0 rings (SSSR count). The molecule has 0 atom stereocenters. The molecule has 0 aromatic heterocycles. The Morgan fingerprint density at radius 1 is 1.27 bits per heavy atom. The average molecular weight is 157 g/mol. The summed E-state index contributed by atoms with van der Waals surface area (Å²) in [6, 6.07) is 0. The zero-order valence-electron chi connectivity index (χ0n) is 8.20. The van der Waals surface area contributed by atoms with Crippen molar-refractivity contribution in [2.45, 2.75) is 13.8 Å². The van der Waals surface area contributed by atoms with Gasteiger partial charge in [0.2, 0.25) is 0 Å². The van der Waals surface area contributed by atoms with Crippen LogP contribution in [0.15, 0.2) is 5.10 Å². The Hall–Kier alpha value is -0.730. The molecule has 0 spiro atoms. The Bertz CT molecular complexity index is 119. The molecule has 0 radical (unpaired) electrons. The summed E-state index contributed by atoms with van der Waals surface area (Å²) in [6.45, 7) is 5.37. The number of rotatable bonds is 4. The van der Waals surface area contributed by atoms with Crippen molar-refractivity contribution in [2.24, 2.45) is 11.0 Å². The molecule has 0 aliphatic heterocycles. The second kappa shape index (κ2) is 4.99. The third kappa shape index (κ3) is 7.16. The van der Waals surface area contributed by atoms with Gasteiger partial charge in [0.25, 0.3) is 0 Å². The minimum absolute atomic E-state index is 0.666. The van der Waals surface area contributed by atoms with E-state index in [2.05, 4.69) is 18.9 Å². The zero-order chi connectivity index (χ0) is 8.85. The Morgan fingerprint density at radius 2 is 1.82 bits per heavy atom. The molecule has 0 aromatic carbocycles. The van der Waals surface area contributed by atoms with Crippen LogP contribution in [-0.2, 0) is 0 Å². The Morgan fingerprint density at radius 3 is 2.18 bits per heavy atom. The summed E-state index contributed by atoms with van der Waals surface area (Å²) in [5.74, 6) is 0.666. The smallest absolute Gasteiger partial charge is 0.110 e.